The number of carbonyl (C=O) groups is 1. The van der Waals surface area contributed by atoms with E-state index in [2.05, 4.69) is 4.98 Å². The lowest BCUT2D eigenvalue weighted by Gasteiger charge is -2.15. The molecule has 0 saturated carbocycles. The molecule has 0 aliphatic rings. The van der Waals surface area contributed by atoms with Gasteiger partial charge in [0.05, 0.1) is 29.4 Å². The molecule has 0 unspecified atom stereocenters. The van der Waals surface area contributed by atoms with E-state index in [1.54, 1.807) is 18.0 Å². The Bertz CT molecular complexity index is 809. The van der Waals surface area contributed by atoms with Crippen LogP contribution >= 0.6 is 11.3 Å². The van der Waals surface area contributed by atoms with E-state index in [0.717, 1.165) is 31.0 Å². The Kier molecular flexibility index (Phi) is 8.45. The van der Waals surface area contributed by atoms with Gasteiger partial charge in [0.15, 0.2) is 0 Å². The highest BCUT2D eigenvalue weighted by atomic mass is 32.1. The molecule has 5 nitrogen and oxygen atoms in total. The number of hydrogen-bond donors (Lipinski definition) is 1. The lowest BCUT2D eigenvalue weighted by Crippen LogP contribution is -2.30. The molecule has 2 N–H and O–H groups in total. The highest BCUT2D eigenvalue weighted by Gasteiger charge is 2.34. The molecule has 2 aromatic rings. The Hall–Kier alpha value is -2.13. The van der Waals surface area contributed by atoms with Crippen LogP contribution in [-0.2, 0) is 23.9 Å². The first-order valence-corrected chi connectivity index (χ1v) is 10.3. The Labute approximate surface area is 172 Å². The number of alkyl halides is 3. The number of ether oxygens (including phenoxy) is 1. The molecule has 1 amide bonds. The highest BCUT2D eigenvalue weighted by molar-refractivity contribution is 7.09. The van der Waals surface area contributed by atoms with E-state index in [9.17, 15) is 18.0 Å². The molecule has 0 saturated heterocycles. The van der Waals surface area contributed by atoms with E-state index in [-0.39, 0.29) is 18.9 Å². The third-order valence-electron chi connectivity index (χ3n) is 4.17. The van der Waals surface area contributed by atoms with E-state index < -0.39 is 17.6 Å². The van der Waals surface area contributed by atoms with Crippen LogP contribution in [0.25, 0.3) is 0 Å². The maximum absolute atomic E-state index is 13.5. The lowest BCUT2D eigenvalue weighted by molar-refractivity contribution is -0.139. The van der Waals surface area contributed by atoms with Crippen molar-refractivity contribution in [1.29, 1.82) is 0 Å². The van der Waals surface area contributed by atoms with Crippen molar-refractivity contribution >= 4 is 17.2 Å². The molecule has 0 aliphatic heterocycles. The number of primary amides is 1. The van der Waals surface area contributed by atoms with Crippen LogP contribution in [0.15, 0.2) is 23.6 Å². The van der Waals surface area contributed by atoms with E-state index in [0.29, 0.717) is 23.5 Å². The average molecular weight is 430 g/mol. The van der Waals surface area contributed by atoms with Gasteiger partial charge in [0.25, 0.3) is 0 Å². The molecule has 160 valence electrons. The van der Waals surface area contributed by atoms with Crippen molar-refractivity contribution in [3.8, 4) is 5.75 Å². The molecule has 0 aliphatic carbocycles. The zero-order chi connectivity index (χ0) is 21.4. The number of unbranched alkanes of at least 4 members (excludes halogenated alkanes) is 2. The van der Waals surface area contributed by atoms with Crippen molar-refractivity contribution in [2.75, 3.05) is 20.2 Å². The van der Waals surface area contributed by atoms with Gasteiger partial charge in [0, 0.05) is 18.3 Å². The summed E-state index contributed by atoms with van der Waals surface area (Å²) >= 11 is 1.38. The van der Waals surface area contributed by atoms with Crippen LogP contribution in [0.1, 0.15) is 48.0 Å². The van der Waals surface area contributed by atoms with Gasteiger partial charge in [-0.1, -0.05) is 25.8 Å². The summed E-state index contributed by atoms with van der Waals surface area (Å²) in [6, 6.07) is 4.17. The van der Waals surface area contributed by atoms with Gasteiger partial charge < -0.3 is 10.5 Å². The lowest BCUT2D eigenvalue weighted by atomic mass is 10.1. The number of thiazole rings is 1. The van der Waals surface area contributed by atoms with Gasteiger partial charge in [0.2, 0.25) is 5.91 Å². The van der Waals surface area contributed by atoms with Gasteiger partial charge in [0.1, 0.15) is 5.75 Å². The molecule has 9 heteroatoms. The Morgan fingerprint density at radius 1 is 1.31 bits per heavy atom. The average Bonchev–Trinajstić information content (AvgIpc) is 3.04. The van der Waals surface area contributed by atoms with Crippen molar-refractivity contribution in [3.05, 3.63) is 45.4 Å². The number of amides is 1. The first-order chi connectivity index (χ1) is 13.7. The molecule has 1 aromatic heterocycles. The molecular weight excluding hydrogens is 403 g/mol. The Morgan fingerprint density at radius 3 is 2.72 bits per heavy atom. The molecule has 0 fully saturated rings. The smallest absolute Gasteiger partial charge is 0.419 e. The van der Waals surface area contributed by atoms with Crippen molar-refractivity contribution in [3.63, 3.8) is 0 Å². The van der Waals surface area contributed by atoms with Crippen molar-refractivity contribution in [2.24, 2.45) is 5.73 Å². The van der Waals surface area contributed by atoms with Crippen LogP contribution in [0.5, 0.6) is 5.75 Å². The van der Waals surface area contributed by atoms with Gasteiger partial charge >= 0.3 is 6.18 Å². The number of hydrogen-bond acceptors (Lipinski definition) is 5. The number of benzene rings is 1. The topological polar surface area (TPSA) is 68.4 Å². The second-order valence-electron chi connectivity index (χ2n) is 6.93. The molecule has 0 radical (unpaired) electrons. The highest BCUT2D eigenvalue weighted by Crippen LogP contribution is 2.37. The molecule has 0 atom stereocenters. The van der Waals surface area contributed by atoms with Crippen LogP contribution in [0.4, 0.5) is 13.2 Å². The predicted molar refractivity (Wildman–Crippen MR) is 107 cm³/mol. The minimum Gasteiger partial charge on any atom is -0.493 e. The minimum atomic E-state index is -4.48. The van der Waals surface area contributed by atoms with Crippen LogP contribution in [-0.4, -0.2) is 36.0 Å². The summed E-state index contributed by atoms with van der Waals surface area (Å²) in [5, 5.41) is 2.54. The minimum absolute atomic E-state index is 0.113. The van der Waals surface area contributed by atoms with E-state index in [1.165, 1.54) is 17.4 Å². The molecule has 29 heavy (non-hydrogen) atoms. The van der Waals surface area contributed by atoms with Crippen molar-refractivity contribution in [2.45, 2.75) is 45.3 Å². The van der Waals surface area contributed by atoms with E-state index in [1.807, 2.05) is 12.3 Å². The molecule has 0 bridgehead atoms. The number of nitrogens with zero attached hydrogens (tertiary/aromatic N) is 2. The fourth-order valence-corrected chi connectivity index (χ4v) is 3.66. The van der Waals surface area contributed by atoms with Crippen LogP contribution in [0.2, 0.25) is 0 Å². The number of halogens is 3. The van der Waals surface area contributed by atoms with Crippen molar-refractivity contribution in [1.82, 2.24) is 9.88 Å². The zero-order valence-electron chi connectivity index (χ0n) is 16.6. The summed E-state index contributed by atoms with van der Waals surface area (Å²) < 4.78 is 45.7. The summed E-state index contributed by atoms with van der Waals surface area (Å²) in [5.41, 5.74) is 5.67. The zero-order valence-corrected chi connectivity index (χ0v) is 17.4. The van der Waals surface area contributed by atoms with E-state index in [4.69, 9.17) is 10.5 Å². The monoisotopic (exact) mass is 429 g/mol. The predicted octanol–water partition coefficient (Wildman–Crippen LogP) is 4.24. The quantitative estimate of drug-likeness (QED) is 0.543. The van der Waals surface area contributed by atoms with Gasteiger partial charge in [-0.25, -0.2) is 4.98 Å². The number of rotatable bonds is 11. The first-order valence-electron chi connectivity index (χ1n) is 9.42. The SMILES string of the molecule is CCCCCOc1ccc(Cc2nc(CN(C)CC(N)=O)cs2)cc1C(F)(F)F. The first kappa shape index (κ1) is 23.2. The Balaban J connectivity index is 2.08. The third kappa shape index (κ3) is 7.66. The fraction of sp³-hybridized carbons (Fsp3) is 0.500. The largest absolute Gasteiger partial charge is 0.493 e. The summed E-state index contributed by atoms with van der Waals surface area (Å²) in [7, 11) is 1.75. The third-order valence-corrected chi connectivity index (χ3v) is 5.06. The van der Waals surface area contributed by atoms with Gasteiger partial charge in [-0.05, 0) is 31.2 Å². The molecule has 1 heterocycles. The van der Waals surface area contributed by atoms with Crippen LogP contribution < -0.4 is 10.5 Å². The number of aromatic nitrogens is 1. The molecular formula is C20H26F3N3O2S. The fourth-order valence-electron chi connectivity index (χ4n) is 2.84. The maximum Gasteiger partial charge on any atom is 0.419 e. The normalized spacial score (nSPS) is 11.8. The second kappa shape index (κ2) is 10.6. The summed E-state index contributed by atoms with van der Waals surface area (Å²) in [6.07, 6.45) is -1.57. The van der Waals surface area contributed by atoms with Crippen LogP contribution in [0.3, 0.4) is 0 Å². The van der Waals surface area contributed by atoms with Crippen LogP contribution in [0, 0.1) is 0 Å². The molecule has 0 spiro atoms. The van der Waals surface area contributed by atoms with Gasteiger partial charge in [-0.3, -0.25) is 9.69 Å². The molecule has 1 aromatic carbocycles. The standard InChI is InChI=1S/C20H26F3N3O2S/c1-3-4-5-8-28-17-7-6-14(9-16(17)20(21,22)23)10-19-25-15(13-29-19)11-26(2)12-18(24)27/h6-7,9,13H,3-5,8,10-12H2,1-2H3,(H2,24,27). The van der Waals surface area contributed by atoms with Gasteiger partial charge in [-0.2, -0.15) is 13.2 Å². The van der Waals surface area contributed by atoms with Gasteiger partial charge in [-0.15, -0.1) is 11.3 Å². The number of nitrogens with two attached hydrogens (primary N) is 1. The van der Waals surface area contributed by atoms with Crippen molar-refractivity contribution < 1.29 is 22.7 Å². The second-order valence-corrected chi connectivity index (χ2v) is 7.87. The maximum atomic E-state index is 13.5. The van der Waals surface area contributed by atoms with E-state index >= 15 is 0 Å². The summed E-state index contributed by atoms with van der Waals surface area (Å²) in [4.78, 5) is 17.1. The summed E-state index contributed by atoms with van der Waals surface area (Å²) in [6.45, 7) is 2.85. The summed E-state index contributed by atoms with van der Waals surface area (Å²) in [5.74, 6) is -0.565. The molecule has 2 rings (SSSR count). The number of likely N-dealkylation sites (N-methyl/N-ethyl adjacent to an activating group) is 1. The number of carbonyl (C=O) groups excluding carboxylic acids is 1. The Morgan fingerprint density at radius 2 is 2.07 bits per heavy atom.